The summed E-state index contributed by atoms with van der Waals surface area (Å²) >= 11 is 0. The van der Waals surface area contributed by atoms with Gasteiger partial charge in [-0.05, 0) is 31.0 Å². The molecule has 2 atom stereocenters. The Morgan fingerprint density at radius 1 is 1.33 bits per heavy atom. The number of halogens is 1. The monoisotopic (exact) mass is 357 g/mol. The summed E-state index contributed by atoms with van der Waals surface area (Å²) < 4.78 is 41.1. The zero-order chi connectivity index (χ0) is 17.9. The Labute approximate surface area is 140 Å². The summed E-state index contributed by atoms with van der Waals surface area (Å²) in [5.74, 6) is -1.57. The van der Waals surface area contributed by atoms with Crippen LogP contribution in [0.4, 0.5) is 4.39 Å². The van der Waals surface area contributed by atoms with Crippen molar-refractivity contribution in [3.05, 3.63) is 35.6 Å². The molecule has 1 saturated heterocycles. The standard InChI is InChI=1S/C16H20FNO5S/c1-11(16(20)23-2)18(14-7-8-24(21,22)10-14)15(19)9-12-3-5-13(17)6-4-12/h3-6,11,14H,7-10H2,1-2H3/t11-,14+/m0/s1. The molecule has 0 radical (unpaired) electrons. The third-order valence-electron chi connectivity index (χ3n) is 4.12. The molecule has 6 nitrogen and oxygen atoms in total. The van der Waals surface area contributed by atoms with Gasteiger partial charge in [-0.1, -0.05) is 12.1 Å². The number of esters is 1. The Hall–Kier alpha value is -1.96. The van der Waals surface area contributed by atoms with Gasteiger partial charge in [-0.2, -0.15) is 0 Å². The molecule has 0 aromatic heterocycles. The Bertz CT molecular complexity index is 716. The molecule has 1 aliphatic heterocycles. The Kier molecular flexibility index (Phi) is 5.58. The normalized spacial score (nSPS) is 20.4. The summed E-state index contributed by atoms with van der Waals surface area (Å²) in [5, 5.41) is 0. The minimum absolute atomic E-state index is 0.00805. The summed E-state index contributed by atoms with van der Waals surface area (Å²) in [6, 6.07) is 4.02. The number of ether oxygens (including phenoxy) is 1. The molecule has 132 valence electrons. The summed E-state index contributed by atoms with van der Waals surface area (Å²) in [4.78, 5) is 25.8. The van der Waals surface area contributed by atoms with E-state index < -0.39 is 33.7 Å². The molecule has 8 heteroatoms. The van der Waals surface area contributed by atoms with Crippen molar-refractivity contribution < 1.29 is 27.1 Å². The highest BCUT2D eigenvalue weighted by molar-refractivity contribution is 7.91. The molecule has 1 aromatic rings. The number of carbonyl (C=O) groups is 2. The van der Waals surface area contributed by atoms with Crippen LogP contribution in [0.25, 0.3) is 0 Å². The highest BCUT2D eigenvalue weighted by Gasteiger charge is 2.39. The molecule has 0 aliphatic carbocycles. The van der Waals surface area contributed by atoms with Crippen LogP contribution in [0.3, 0.4) is 0 Å². The third-order valence-corrected chi connectivity index (χ3v) is 5.87. The Morgan fingerprint density at radius 2 is 1.96 bits per heavy atom. The molecule has 2 rings (SSSR count). The van der Waals surface area contributed by atoms with Crippen molar-refractivity contribution in [1.29, 1.82) is 0 Å². The Balaban J connectivity index is 2.22. The molecule has 1 fully saturated rings. The van der Waals surface area contributed by atoms with E-state index in [4.69, 9.17) is 0 Å². The van der Waals surface area contributed by atoms with Gasteiger partial charge in [0.15, 0.2) is 9.84 Å². The Morgan fingerprint density at radius 3 is 2.46 bits per heavy atom. The molecule has 0 saturated carbocycles. The van der Waals surface area contributed by atoms with E-state index in [1.165, 1.54) is 43.2 Å². The smallest absolute Gasteiger partial charge is 0.328 e. The van der Waals surface area contributed by atoms with Crippen LogP contribution >= 0.6 is 0 Å². The van der Waals surface area contributed by atoms with E-state index in [0.29, 0.717) is 12.0 Å². The topological polar surface area (TPSA) is 80.8 Å². The van der Waals surface area contributed by atoms with E-state index in [1.54, 1.807) is 0 Å². The lowest BCUT2D eigenvalue weighted by Crippen LogP contribution is -2.50. The van der Waals surface area contributed by atoms with E-state index in [9.17, 15) is 22.4 Å². The molecular weight excluding hydrogens is 337 g/mol. The van der Waals surface area contributed by atoms with Crippen LogP contribution in [0.1, 0.15) is 18.9 Å². The second-order valence-corrected chi connectivity index (χ2v) is 8.09. The van der Waals surface area contributed by atoms with Gasteiger partial charge in [-0.3, -0.25) is 4.79 Å². The zero-order valence-electron chi connectivity index (χ0n) is 13.6. The van der Waals surface area contributed by atoms with Gasteiger partial charge in [0.1, 0.15) is 11.9 Å². The lowest BCUT2D eigenvalue weighted by Gasteiger charge is -2.32. The number of sulfone groups is 1. The van der Waals surface area contributed by atoms with Crippen molar-refractivity contribution in [3.63, 3.8) is 0 Å². The zero-order valence-corrected chi connectivity index (χ0v) is 14.4. The molecule has 0 N–H and O–H groups in total. The fraction of sp³-hybridized carbons (Fsp3) is 0.500. The van der Waals surface area contributed by atoms with Crippen molar-refractivity contribution >= 4 is 21.7 Å². The fourth-order valence-electron chi connectivity index (χ4n) is 2.88. The molecular formula is C16H20FNO5S. The maximum atomic E-state index is 13.0. The highest BCUT2D eigenvalue weighted by Crippen LogP contribution is 2.22. The van der Waals surface area contributed by atoms with Crippen LogP contribution in [-0.4, -0.2) is 55.9 Å². The van der Waals surface area contributed by atoms with Crippen LogP contribution < -0.4 is 0 Å². The largest absolute Gasteiger partial charge is 0.467 e. The average Bonchev–Trinajstić information content (AvgIpc) is 2.88. The van der Waals surface area contributed by atoms with Crippen molar-refractivity contribution in [2.75, 3.05) is 18.6 Å². The number of benzene rings is 1. The molecule has 1 aromatic carbocycles. The van der Waals surface area contributed by atoms with Crippen molar-refractivity contribution in [1.82, 2.24) is 4.90 Å². The SMILES string of the molecule is COC(=O)[C@H](C)N(C(=O)Cc1ccc(F)cc1)[C@@H]1CCS(=O)(=O)C1. The minimum atomic E-state index is -3.21. The van der Waals surface area contributed by atoms with E-state index in [-0.39, 0.29) is 23.8 Å². The second kappa shape index (κ2) is 7.29. The summed E-state index contributed by atoms with van der Waals surface area (Å²) in [5.41, 5.74) is 0.587. The highest BCUT2D eigenvalue weighted by atomic mass is 32.2. The molecule has 24 heavy (non-hydrogen) atoms. The molecule has 1 heterocycles. The van der Waals surface area contributed by atoms with Gasteiger partial charge in [0, 0.05) is 6.04 Å². The molecule has 0 bridgehead atoms. The van der Waals surface area contributed by atoms with Crippen LogP contribution in [0, 0.1) is 5.82 Å². The number of methoxy groups -OCH3 is 1. The van der Waals surface area contributed by atoms with Gasteiger partial charge < -0.3 is 9.64 Å². The van der Waals surface area contributed by atoms with Gasteiger partial charge in [0.2, 0.25) is 5.91 Å². The summed E-state index contributed by atoms with van der Waals surface area (Å²) in [6.45, 7) is 1.51. The van der Waals surface area contributed by atoms with Crippen molar-refractivity contribution in [3.8, 4) is 0 Å². The van der Waals surface area contributed by atoms with E-state index in [1.807, 2.05) is 0 Å². The van der Waals surface area contributed by atoms with E-state index >= 15 is 0 Å². The number of hydrogen-bond donors (Lipinski definition) is 0. The van der Waals surface area contributed by atoms with Gasteiger partial charge in [0.25, 0.3) is 0 Å². The van der Waals surface area contributed by atoms with Gasteiger partial charge in [-0.15, -0.1) is 0 Å². The first kappa shape index (κ1) is 18.4. The van der Waals surface area contributed by atoms with Crippen LogP contribution in [0.15, 0.2) is 24.3 Å². The predicted octanol–water partition coefficient (Wildman–Crippen LogP) is 0.945. The van der Waals surface area contributed by atoms with Gasteiger partial charge in [-0.25, -0.2) is 17.6 Å². The van der Waals surface area contributed by atoms with E-state index in [0.717, 1.165) is 0 Å². The molecule has 0 unspecified atom stereocenters. The maximum Gasteiger partial charge on any atom is 0.328 e. The molecule has 1 aliphatic rings. The number of amides is 1. The molecule has 1 amide bonds. The van der Waals surface area contributed by atoms with E-state index in [2.05, 4.69) is 4.74 Å². The number of nitrogens with zero attached hydrogens (tertiary/aromatic N) is 1. The lowest BCUT2D eigenvalue weighted by molar-refractivity contribution is -0.153. The first-order valence-corrected chi connectivity index (χ1v) is 9.39. The summed E-state index contributed by atoms with van der Waals surface area (Å²) in [7, 11) is -2.00. The van der Waals surface area contributed by atoms with Gasteiger partial charge in [0.05, 0.1) is 25.0 Å². The predicted molar refractivity (Wildman–Crippen MR) is 85.5 cm³/mol. The third kappa shape index (κ3) is 4.31. The van der Waals surface area contributed by atoms with Crippen molar-refractivity contribution in [2.45, 2.75) is 31.8 Å². The fourth-order valence-corrected chi connectivity index (χ4v) is 4.59. The van der Waals surface area contributed by atoms with Crippen LogP contribution in [-0.2, 0) is 30.6 Å². The minimum Gasteiger partial charge on any atom is -0.467 e. The number of carbonyl (C=O) groups excluding carboxylic acids is 2. The number of hydrogen-bond acceptors (Lipinski definition) is 5. The van der Waals surface area contributed by atoms with Crippen LogP contribution in [0.5, 0.6) is 0 Å². The first-order valence-electron chi connectivity index (χ1n) is 7.57. The average molecular weight is 357 g/mol. The number of rotatable bonds is 5. The van der Waals surface area contributed by atoms with Gasteiger partial charge >= 0.3 is 5.97 Å². The quantitative estimate of drug-likeness (QED) is 0.733. The lowest BCUT2D eigenvalue weighted by atomic mass is 10.1. The summed E-state index contributed by atoms with van der Waals surface area (Å²) in [6.07, 6.45) is 0.247. The molecule has 0 spiro atoms. The van der Waals surface area contributed by atoms with Crippen LogP contribution in [0.2, 0.25) is 0 Å². The maximum absolute atomic E-state index is 13.0. The first-order chi connectivity index (χ1) is 11.2. The second-order valence-electron chi connectivity index (χ2n) is 5.86. The van der Waals surface area contributed by atoms with Crippen molar-refractivity contribution in [2.24, 2.45) is 0 Å².